The summed E-state index contributed by atoms with van der Waals surface area (Å²) in [7, 11) is 0. The molecule has 0 spiro atoms. The fraction of sp³-hybridized carbons (Fsp3) is 0.462. The number of rotatable bonds is 5. The molecule has 1 aliphatic rings. The van der Waals surface area contributed by atoms with Crippen molar-refractivity contribution in [2.75, 3.05) is 13.2 Å². The van der Waals surface area contributed by atoms with Crippen LogP contribution in [0.3, 0.4) is 0 Å². The van der Waals surface area contributed by atoms with Crippen molar-refractivity contribution in [1.29, 1.82) is 0 Å². The quantitative estimate of drug-likeness (QED) is 0.768. The van der Waals surface area contributed by atoms with Gasteiger partial charge in [-0.05, 0) is 43.4 Å². The van der Waals surface area contributed by atoms with E-state index in [9.17, 15) is 4.79 Å². The van der Waals surface area contributed by atoms with Gasteiger partial charge in [0.2, 0.25) is 0 Å². The molecule has 0 saturated heterocycles. The lowest BCUT2D eigenvalue weighted by Crippen LogP contribution is -2.12. The summed E-state index contributed by atoms with van der Waals surface area (Å²) in [5.74, 6) is 0.390. The molecule has 0 radical (unpaired) electrons. The van der Waals surface area contributed by atoms with Crippen LogP contribution >= 0.6 is 0 Å². The zero-order chi connectivity index (χ0) is 11.4. The summed E-state index contributed by atoms with van der Waals surface area (Å²) in [6.45, 7) is 1.11. The first-order chi connectivity index (χ1) is 7.81. The minimum atomic E-state index is -0.212. The van der Waals surface area contributed by atoms with E-state index in [1.165, 1.54) is 12.8 Å². The molecule has 0 atom stereocenters. The molecule has 1 aromatic rings. The fourth-order valence-electron chi connectivity index (χ4n) is 1.65. The third-order valence-electron chi connectivity index (χ3n) is 2.80. The highest BCUT2D eigenvalue weighted by Crippen LogP contribution is 2.29. The van der Waals surface area contributed by atoms with Gasteiger partial charge in [0.05, 0.1) is 12.2 Å². The number of hydrogen-bond donors (Lipinski definition) is 1. The van der Waals surface area contributed by atoms with Crippen LogP contribution in [0.15, 0.2) is 24.3 Å². The van der Waals surface area contributed by atoms with Crippen molar-refractivity contribution in [2.45, 2.75) is 19.3 Å². The van der Waals surface area contributed by atoms with Gasteiger partial charge in [0.15, 0.2) is 0 Å². The predicted octanol–water partition coefficient (Wildman–Crippen LogP) is 1.75. The first-order valence-electron chi connectivity index (χ1n) is 5.76. The smallest absolute Gasteiger partial charge is 0.338 e. The lowest BCUT2D eigenvalue weighted by molar-refractivity contribution is 0.0485. The summed E-state index contributed by atoms with van der Waals surface area (Å²) in [5, 5.41) is 0. The van der Waals surface area contributed by atoms with Crippen molar-refractivity contribution < 1.29 is 9.53 Å². The molecule has 0 amide bonds. The normalized spacial score (nSPS) is 14.8. The zero-order valence-corrected chi connectivity index (χ0v) is 9.32. The highest BCUT2D eigenvalue weighted by Gasteiger charge is 2.23. The number of nitrogens with two attached hydrogens (primary N) is 1. The number of esters is 1. The minimum absolute atomic E-state index is 0.212. The molecule has 1 fully saturated rings. The molecule has 2 rings (SSSR count). The Balaban J connectivity index is 2.01. The molecule has 86 valence electrons. The molecule has 2 N–H and O–H groups in total. The van der Waals surface area contributed by atoms with E-state index >= 15 is 0 Å². The number of carbonyl (C=O) groups is 1. The van der Waals surface area contributed by atoms with Gasteiger partial charge in [0, 0.05) is 0 Å². The molecule has 0 aliphatic heterocycles. The van der Waals surface area contributed by atoms with E-state index in [0.29, 0.717) is 31.1 Å². The Bertz CT molecular complexity index is 372. The van der Waals surface area contributed by atoms with Gasteiger partial charge in [0.25, 0.3) is 0 Å². The summed E-state index contributed by atoms with van der Waals surface area (Å²) in [6.07, 6.45) is 3.10. The van der Waals surface area contributed by atoms with E-state index in [1.807, 2.05) is 18.2 Å². The summed E-state index contributed by atoms with van der Waals surface area (Å²) in [5.41, 5.74) is 7.15. The highest BCUT2D eigenvalue weighted by atomic mass is 16.5. The predicted molar refractivity (Wildman–Crippen MR) is 62.2 cm³/mol. The van der Waals surface area contributed by atoms with E-state index < -0.39 is 0 Å². The molecular formula is C13H17NO2. The Labute approximate surface area is 95.6 Å². The third-order valence-corrected chi connectivity index (χ3v) is 2.80. The Morgan fingerprint density at radius 1 is 1.38 bits per heavy atom. The van der Waals surface area contributed by atoms with E-state index in [1.54, 1.807) is 6.07 Å². The summed E-state index contributed by atoms with van der Waals surface area (Å²) < 4.78 is 5.26. The van der Waals surface area contributed by atoms with Gasteiger partial charge in [0.1, 0.15) is 0 Å². The molecule has 0 unspecified atom stereocenters. The Kier molecular flexibility index (Phi) is 3.57. The van der Waals surface area contributed by atoms with E-state index in [4.69, 9.17) is 10.5 Å². The second-order valence-electron chi connectivity index (χ2n) is 4.24. The lowest BCUT2D eigenvalue weighted by atomic mass is 10.1. The summed E-state index contributed by atoms with van der Waals surface area (Å²) >= 11 is 0. The molecule has 1 aromatic carbocycles. The zero-order valence-electron chi connectivity index (χ0n) is 9.32. The average Bonchev–Trinajstić information content (AvgIpc) is 3.11. The molecule has 0 bridgehead atoms. The molecule has 1 saturated carbocycles. The van der Waals surface area contributed by atoms with Gasteiger partial charge in [-0.1, -0.05) is 18.2 Å². The fourth-order valence-corrected chi connectivity index (χ4v) is 1.65. The van der Waals surface area contributed by atoms with Gasteiger partial charge < -0.3 is 10.5 Å². The van der Waals surface area contributed by atoms with Gasteiger partial charge in [-0.15, -0.1) is 0 Å². The maximum Gasteiger partial charge on any atom is 0.338 e. The van der Waals surface area contributed by atoms with Crippen LogP contribution in [0.1, 0.15) is 28.8 Å². The second kappa shape index (κ2) is 5.12. The van der Waals surface area contributed by atoms with Gasteiger partial charge in [-0.2, -0.15) is 0 Å². The van der Waals surface area contributed by atoms with Crippen molar-refractivity contribution in [3.05, 3.63) is 35.4 Å². The Morgan fingerprint density at radius 3 is 2.81 bits per heavy atom. The van der Waals surface area contributed by atoms with Crippen LogP contribution in [-0.2, 0) is 11.2 Å². The van der Waals surface area contributed by atoms with Crippen molar-refractivity contribution in [3.63, 3.8) is 0 Å². The number of carbonyl (C=O) groups excluding carboxylic acids is 1. The van der Waals surface area contributed by atoms with Crippen molar-refractivity contribution in [2.24, 2.45) is 11.7 Å². The SMILES string of the molecule is NCCc1ccccc1C(=O)OCC1CC1. The van der Waals surface area contributed by atoms with Gasteiger partial charge in [-0.25, -0.2) is 4.79 Å². The molecule has 3 nitrogen and oxygen atoms in total. The lowest BCUT2D eigenvalue weighted by Gasteiger charge is -2.08. The van der Waals surface area contributed by atoms with Crippen molar-refractivity contribution in [3.8, 4) is 0 Å². The molecule has 0 aromatic heterocycles. The van der Waals surface area contributed by atoms with Gasteiger partial charge >= 0.3 is 5.97 Å². The number of hydrogen-bond acceptors (Lipinski definition) is 3. The van der Waals surface area contributed by atoms with Crippen LogP contribution in [-0.4, -0.2) is 19.1 Å². The number of ether oxygens (including phenoxy) is 1. The maximum absolute atomic E-state index is 11.8. The van der Waals surface area contributed by atoms with E-state index in [-0.39, 0.29) is 5.97 Å². The summed E-state index contributed by atoms with van der Waals surface area (Å²) in [6, 6.07) is 7.51. The van der Waals surface area contributed by atoms with Crippen LogP contribution < -0.4 is 5.73 Å². The molecular weight excluding hydrogens is 202 g/mol. The largest absolute Gasteiger partial charge is 0.462 e. The van der Waals surface area contributed by atoms with Crippen LogP contribution in [0.4, 0.5) is 0 Å². The monoisotopic (exact) mass is 219 g/mol. The molecule has 16 heavy (non-hydrogen) atoms. The maximum atomic E-state index is 11.8. The van der Waals surface area contributed by atoms with E-state index in [2.05, 4.69) is 0 Å². The minimum Gasteiger partial charge on any atom is -0.462 e. The molecule has 3 heteroatoms. The van der Waals surface area contributed by atoms with Gasteiger partial charge in [-0.3, -0.25) is 0 Å². The topological polar surface area (TPSA) is 52.3 Å². The Morgan fingerprint density at radius 2 is 2.12 bits per heavy atom. The second-order valence-corrected chi connectivity index (χ2v) is 4.24. The van der Waals surface area contributed by atoms with Crippen LogP contribution in [0.5, 0.6) is 0 Å². The first-order valence-corrected chi connectivity index (χ1v) is 5.76. The van der Waals surface area contributed by atoms with Crippen LogP contribution in [0.2, 0.25) is 0 Å². The van der Waals surface area contributed by atoms with E-state index in [0.717, 1.165) is 5.56 Å². The highest BCUT2D eigenvalue weighted by molar-refractivity contribution is 5.91. The molecule has 0 heterocycles. The standard InChI is InChI=1S/C13H17NO2/c14-8-7-11-3-1-2-4-12(11)13(15)16-9-10-5-6-10/h1-4,10H,5-9,14H2. The number of benzene rings is 1. The average molecular weight is 219 g/mol. The third kappa shape index (κ3) is 2.83. The first kappa shape index (κ1) is 11.1. The van der Waals surface area contributed by atoms with Crippen LogP contribution in [0.25, 0.3) is 0 Å². The summed E-state index contributed by atoms with van der Waals surface area (Å²) in [4.78, 5) is 11.8. The Hall–Kier alpha value is -1.35. The van der Waals surface area contributed by atoms with Crippen molar-refractivity contribution >= 4 is 5.97 Å². The molecule has 1 aliphatic carbocycles. The van der Waals surface area contributed by atoms with Crippen molar-refractivity contribution in [1.82, 2.24) is 0 Å². The van der Waals surface area contributed by atoms with Crippen LogP contribution in [0, 0.1) is 5.92 Å².